The number of benzene rings is 1. The van der Waals surface area contributed by atoms with Crippen LogP contribution in [0.25, 0.3) is 0 Å². The number of hydrogen-bond acceptors (Lipinski definition) is 5. The molecule has 1 amide bonds. The van der Waals surface area contributed by atoms with Crippen LogP contribution in [-0.2, 0) is 15.3 Å². The molecule has 5 nitrogen and oxygen atoms in total. The van der Waals surface area contributed by atoms with E-state index in [2.05, 4.69) is 41.4 Å². The van der Waals surface area contributed by atoms with Gasteiger partial charge in [0.05, 0.1) is 25.0 Å². The Balaban J connectivity index is 1.49. The first-order valence-electron chi connectivity index (χ1n) is 9.40. The predicted octanol–water partition coefficient (Wildman–Crippen LogP) is 3.32. The Hall–Kier alpha value is -1.76. The summed E-state index contributed by atoms with van der Waals surface area (Å²) in [6.45, 7) is 7.72. The highest BCUT2D eigenvalue weighted by molar-refractivity contribution is 7.99. The van der Waals surface area contributed by atoms with E-state index >= 15 is 0 Å². The van der Waals surface area contributed by atoms with Gasteiger partial charge in [0.25, 0.3) is 0 Å². The minimum absolute atomic E-state index is 0.0494. The van der Waals surface area contributed by atoms with Gasteiger partial charge in [0.2, 0.25) is 5.91 Å². The molecule has 27 heavy (non-hydrogen) atoms. The molecule has 1 aliphatic rings. The lowest BCUT2D eigenvalue weighted by Crippen LogP contribution is -2.44. The summed E-state index contributed by atoms with van der Waals surface area (Å²) in [5.74, 6) is 3.17. The van der Waals surface area contributed by atoms with Crippen LogP contribution in [0.1, 0.15) is 28.7 Å². The molecule has 1 atom stereocenters. The first-order chi connectivity index (χ1) is 13.1. The molecule has 0 radical (unpaired) electrons. The fraction of sp³-hybridized carbons (Fsp3) is 0.476. The van der Waals surface area contributed by atoms with Crippen molar-refractivity contribution in [3.8, 4) is 0 Å². The van der Waals surface area contributed by atoms with Gasteiger partial charge in [0.1, 0.15) is 11.5 Å². The van der Waals surface area contributed by atoms with Gasteiger partial charge in [0.15, 0.2) is 0 Å². The first-order valence-corrected chi connectivity index (χ1v) is 10.6. The van der Waals surface area contributed by atoms with Crippen LogP contribution in [0.4, 0.5) is 0 Å². The third kappa shape index (κ3) is 6.13. The third-order valence-electron chi connectivity index (χ3n) is 4.65. The molecular weight excluding hydrogens is 360 g/mol. The van der Waals surface area contributed by atoms with Gasteiger partial charge in [0, 0.05) is 25.4 Å². The van der Waals surface area contributed by atoms with Crippen molar-refractivity contribution in [2.24, 2.45) is 0 Å². The highest BCUT2D eigenvalue weighted by atomic mass is 32.2. The van der Waals surface area contributed by atoms with E-state index in [4.69, 9.17) is 9.15 Å². The second-order valence-electron chi connectivity index (χ2n) is 6.90. The second-order valence-corrected chi connectivity index (χ2v) is 7.88. The van der Waals surface area contributed by atoms with Gasteiger partial charge in [-0.15, -0.1) is 11.8 Å². The van der Waals surface area contributed by atoms with Crippen LogP contribution in [0, 0.1) is 13.8 Å². The number of nitrogens with zero attached hydrogens (tertiary/aromatic N) is 1. The van der Waals surface area contributed by atoms with Crippen molar-refractivity contribution < 1.29 is 13.9 Å². The van der Waals surface area contributed by atoms with E-state index in [-0.39, 0.29) is 11.9 Å². The van der Waals surface area contributed by atoms with Gasteiger partial charge in [-0.1, -0.05) is 29.8 Å². The molecule has 1 N–H and O–H groups in total. The van der Waals surface area contributed by atoms with Crippen LogP contribution in [0.5, 0.6) is 0 Å². The SMILES string of the molecule is Cc1cccc(CSCC(=O)NCC(c2ccc(C)o2)N2CCOCC2)c1. The number of amides is 1. The zero-order chi connectivity index (χ0) is 19.1. The third-order valence-corrected chi connectivity index (χ3v) is 5.66. The standard InChI is InChI=1S/C21H28N2O3S/c1-16-4-3-5-18(12-16)14-27-15-21(24)22-13-19(20-7-6-17(2)26-20)23-8-10-25-11-9-23/h3-7,12,19H,8-11,13-15H2,1-2H3,(H,22,24). The molecule has 1 fully saturated rings. The molecule has 6 heteroatoms. The van der Waals surface area contributed by atoms with Crippen LogP contribution in [0.3, 0.4) is 0 Å². The van der Waals surface area contributed by atoms with E-state index < -0.39 is 0 Å². The number of aryl methyl sites for hydroxylation is 2. The zero-order valence-corrected chi connectivity index (χ0v) is 16.9. The van der Waals surface area contributed by atoms with E-state index in [1.54, 1.807) is 11.8 Å². The van der Waals surface area contributed by atoms with Crippen LogP contribution >= 0.6 is 11.8 Å². The minimum Gasteiger partial charge on any atom is -0.465 e. The van der Waals surface area contributed by atoms with Gasteiger partial charge >= 0.3 is 0 Å². The van der Waals surface area contributed by atoms with Gasteiger partial charge < -0.3 is 14.5 Å². The first kappa shape index (κ1) is 20.0. The Labute approximate surface area is 165 Å². The maximum absolute atomic E-state index is 12.3. The summed E-state index contributed by atoms with van der Waals surface area (Å²) in [5.41, 5.74) is 2.50. The maximum atomic E-state index is 12.3. The van der Waals surface area contributed by atoms with Gasteiger partial charge in [-0.05, 0) is 31.5 Å². The van der Waals surface area contributed by atoms with Crippen molar-refractivity contribution in [3.63, 3.8) is 0 Å². The number of nitrogens with one attached hydrogen (secondary N) is 1. The molecular formula is C21H28N2O3S. The van der Waals surface area contributed by atoms with Gasteiger partial charge in [-0.25, -0.2) is 0 Å². The molecule has 2 heterocycles. The lowest BCUT2D eigenvalue weighted by Gasteiger charge is -2.33. The number of morpholine rings is 1. The molecule has 2 aromatic rings. The fourth-order valence-corrected chi connectivity index (χ4v) is 4.06. The van der Waals surface area contributed by atoms with Crippen molar-refractivity contribution in [1.82, 2.24) is 10.2 Å². The molecule has 146 valence electrons. The van der Waals surface area contributed by atoms with Crippen molar-refractivity contribution in [2.75, 3.05) is 38.6 Å². The Bertz CT molecular complexity index is 741. The zero-order valence-electron chi connectivity index (χ0n) is 16.1. The average molecular weight is 389 g/mol. The number of ether oxygens (including phenoxy) is 1. The molecule has 0 aliphatic carbocycles. The van der Waals surface area contributed by atoms with E-state index in [0.29, 0.717) is 12.3 Å². The summed E-state index contributed by atoms with van der Waals surface area (Å²) < 4.78 is 11.3. The van der Waals surface area contributed by atoms with Crippen molar-refractivity contribution in [2.45, 2.75) is 25.6 Å². The molecule has 1 aromatic heterocycles. The number of hydrogen-bond donors (Lipinski definition) is 1. The summed E-state index contributed by atoms with van der Waals surface area (Å²) in [6, 6.07) is 12.4. The fourth-order valence-electron chi connectivity index (χ4n) is 3.26. The van der Waals surface area contributed by atoms with Crippen LogP contribution < -0.4 is 5.32 Å². The summed E-state index contributed by atoms with van der Waals surface area (Å²) in [7, 11) is 0. The highest BCUT2D eigenvalue weighted by Crippen LogP contribution is 2.23. The number of carbonyl (C=O) groups is 1. The Morgan fingerprint density at radius 3 is 2.74 bits per heavy atom. The van der Waals surface area contributed by atoms with Crippen molar-refractivity contribution in [3.05, 3.63) is 59.0 Å². The molecule has 1 saturated heterocycles. The summed E-state index contributed by atoms with van der Waals surface area (Å²) in [6.07, 6.45) is 0. The largest absolute Gasteiger partial charge is 0.465 e. The van der Waals surface area contributed by atoms with E-state index in [9.17, 15) is 4.79 Å². The topological polar surface area (TPSA) is 54.7 Å². The normalized spacial score (nSPS) is 16.2. The lowest BCUT2D eigenvalue weighted by molar-refractivity contribution is -0.118. The Kier molecular flexibility index (Phi) is 7.38. The number of rotatable bonds is 8. The predicted molar refractivity (Wildman–Crippen MR) is 109 cm³/mol. The highest BCUT2D eigenvalue weighted by Gasteiger charge is 2.25. The van der Waals surface area contributed by atoms with Crippen molar-refractivity contribution >= 4 is 17.7 Å². The minimum atomic E-state index is 0.0494. The molecule has 3 rings (SSSR count). The van der Waals surface area contributed by atoms with Crippen molar-refractivity contribution in [1.29, 1.82) is 0 Å². The smallest absolute Gasteiger partial charge is 0.230 e. The number of carbonyl (C=O) groups excluding carboxylic acids is 1. The molecule has 0 bridgehead atoms. The van der Waals surface area contributed by atoms with Crippen LogP contribution in [-0.4, -0.2) is 49.4 Å². The van der Waals surface area contributed by atoms with Crippen LogP contribution in [0.2, 0.25) is 0 Å². The van der Waals surface area contributed by atoms with Gasteiger partial charge in [-0.2, -0.15) is 0 Å². The number of furan rings is 1. The average Bonchev–Trinajstić information content (AvgIpc) is 3.09. The lowest BCUT2D eigenvalue weighted by atomic mass is 10.1. The quantitative estimate of drug-likeness (QED) is 0.752. The molecule has 0 saturated carbocycles. The van der Waals surface area contributed by atoms with E-state index in [1.165, 1.54) is 11.1 Å². The summed E-state index contributed by atoms with van der Waals surface area (Å²) in [4.78, 5) is 14.6. The summed E-state index contributed by atoms with van der Waals surface area (Å²) in [5, 5.41) is 3.08. The maximum Gasteiger partial charge on any atom is 0.230 e. The number of thioether (sulfide) groups is 1. The Morgan fingerprint density at radius 2 is 2.04 bits per heavy atom. The van der Waals surface area contributed by atoms with Gasteiger partial charge in [-0.3, -0.25) is 9.69 Å². The van der Waals surface area contributed by atoms with Crippen LogP contribution in [0.15, 0.2) is 40.8 Å². The second kappa shape index (κ2) is 9.97. The van der Waals surface area contributed by atoms with E-state index in [0.717, 1.165) is 43.6 Å². The molecule has 1 aromatic carbocycles. The molecule has 1 aliphatic heterocycles. The summed E-state index contributed by atoms with van der Waals surface area (Å²) >= 11 is 1.64. The molecule has 0 spiro atoms. The Morgan fingerprint density at radius 1 is 1.22 bits per heavy atom. The monoisotopic (exact) mass is 388 g/mol. The van der Waals surface area contributed by atoms with E-state index in [1.807, 2.05) is 19.1 Å². The molecule has 1 unspecified atom stereocenters.